The largest absolute Gasteiger partial charge is 0.327 e. The standard InChI is InChI=1S/C16H26N4O3/c1-16(11-6-4-3-5-7-11)14(22)20(15(23)19(16)2)10-13(21)12-8-9-17-18-12/h11-12,17-18H,3-10H2,1-2H3. The lowest BCUT2D eigenvalue weighted by Crippen LogP contribution is -2.52. The number of likely N-dealkylation sites (N-methyl/N-ethyl adjacent to an activating group) is 1. The number of carbonyl (C=O) groups excluding carboxylic acids is 3. The monoisotopic (exact) mass is 322 g/mol. The molecule has 1 saturated carbocycles. The summed E-state index contributed by atoms with van der Waals surface area (Å²) in [4.78, 5) is 40.6. The van der Waals surface area contributed by atoms with Crippen molar-refractivity contribution >= 4 is 17.7 Å². The minimum Gasteiger partial charge on any atom is -0.313 e. The fraction of sp³-hybridized carbons (Fsp3) is 0.812. The maximum Gasteiger partial charge on any atom is 0.327 e. The summed E-state index contributed by atoms with van der Waals surface area (Å²) in [6.45, 7) is 2.45. The summed E-state index contributed by atoms with van der Waals surface area (Å²) in [6.07, 6.45) is 6.02. The van der Waals surface area contributed by atoms with Crippen LogP contribution in [0.25, 0.3) is 0 Å². The number of nitrogens with zero attached hydrogens (tertiary/aromatic N) is 2. The van der Waals surface area contributed by atoms with E-state index in [1.807, 2.05) is 6.92 Å². The second kappa shape index (κ2) is 6.20. The van der Waals surface area contributed by atoms with Crippen LogP contribution in [0.5, 0.6) is 0 Å². The summed E-state index contributed by atoms with van der Waals surface area (Å²) in [6, 6.07) is -0.662. The normalized spacial score (nSPS) is 32.9. The van der Waals surface area contributed by atoms with Crippen molar-refractivity contribution in [2.75, 3.05) is 20.1 Å². The maximum atomic E-state index is 13.0. The van der Waals surface area contributed by atoms with E-state index in [9.17, 15) is 14.4 Å². The van der Waals surface area contributed by atoms with Gasteiger partial charge >= 0.3 is 6.03 Å². The first-order valence-corrected chi connectivity index (χ1v) is 8.57. The predicted molar refractivity (Wildman–Crippen MR) is 84.4 cm³/mol. The zero-order chi connectivity index (χ0) is 16.6. The number of hydrazine groups is 1. The van der Waals surface area contributed by atoms with Crippen molar-refractivity contribution in [3.8, 4) is 0 Å². The number of Topliss-reactive ketones (excluding diaryl/α,β-unsaturated/α-hetero) is 1. The molecule has 0 aromatic heterocycles. The molecule has 2 unspecified atom stereocenters. The molecule has 2 atom stereocenters. The number of nitrogens with one attached hydrogen (secondary N) is 2. The van der Waals surface area contributed by atoms with Gasteiger partial charge in [-0.05, 0) is 32.1 Å². The first-order chi connectivity index (χ1) is 11.0. The van der Waals surface area contributed by atoms with E-state index in [4.69, 9.17) is 0 Å². The zero-order valence-electron chi connectivity index (χ0n) is 13.9. The van der Waals surface area contributed by atoms with Crippen LogP contribution in [0.3, 0.4) is 0 Å². The molecule has 0 aromatic carbocycles. The molecule has 0 radical (unpaired) electrons. The number of hydrogen-bond acceptors (Lipinski definition) is 5. The molecule has 0 aromatic rings. The molecule has 2 N–H and O–H groups in total. The molecule has 2 saturated heterocycles. The average molecular weight is 322 g/mol. The van der Waals surface area contributed by atoms with Crippen LogP contribution in [0, 0.1) is 5.92 Å². The fourth-order valence-electron chi connectivity index (χ4n) is 4.13. The Labute approximate surface area is 136 Å². The molecule has 3 fully saturated rings. The van der Waals surface area contributed by atoms with Crippen molar-refractivity contribution in [1.82, 2.24) is 20.7 Å². The Bertz CT molecular complexity index is 511. The number of rotatable bonds is 4. The number of ketones is 1. The highest BCUT2D eigenvalue weighted by atomic mass is 16.2. The summed E-state index contributed by atoms with van der Waals surface area (Å²) < 4.78 is 0. The van der Waals surface area contributed by atoms with Crippen molar-refractivity contribution in [1.29, 1.82) is 0 Å². The van der Waals surface area contributed by atoms with Crippen LogP contribution in [-0.2, 0) is 9.59 Å². The third-order valence-corrected chi connectivity index (χ3v) is 5.83. The molecule has 3 aliphatic rings. The van der Waals surface area contributed by atoms with E-state index in [1.165, 1.54) is 6.42 Å². The van der Waals surface area contributed by atoms with Gasteiger partial charge in [-0.1, -0.05) is 19.3 Å². The van der Waals surface area contributed by atoms with Crippen molar-refractivity contribution in [3.63, 3.8) is 0 Å². The van der Waals surface area contributed by atoms with Gasteiger partial charge in [0.05, 0.1) is 12.6 Å². The third-order valence-electron chi connectivity index (χ3n) is 5.83. The molecule has 2 aliphatic heterocycles. The number of carbonyl (C=O) groups is 3. The van der Waals surface area contributed by atoms with Gasteiger partial charge in [-0.2, -0.15) is 0 Å². The minimum atomic E-state index is -0.806. The second-order valence-electron chi connectivity index (χ2n) is 7.09. The van der Waals surface area contributed by atoms with Crippen molar-refractivity contribution in [2.45, 2.75) is 57.0 Å². The number of urea groups is 1. The number of hydrogen-bond donors (Lipinski definition) is 2. The van der Waals surface area contributed by atoms with Gasteiger partial charge in [0.2, 0.25) is 0 Å². The first-order valence-electron chi connectivity index (χ1n) is 8.57. The molecule has 128 valence electrons. The third kappa shape index (κ3) is 2.65. The van der Waals surface area contributed by atoms with E-state index in [1.54, 1.807) is 11.9 Å². The Hall–Kier alpha value is -1.47. The summed E-state index contributed by atoms with van der Waals surface area (Å²) in [5.41, 5.74) is 4.99. The van der Waals surface area contributed by atoms with Crippen molar-refractivity contribution < 1.29 is 14.4 Å². The van der Waals surface area contributed by atoms with Gasteiger partial charge in [0.25, 0.3) is 5.91 Å². The van der Waals surface area contributed by atoms with Crippen LogP contribution in [0.15, 0.2) is 0 Å². The van der Waals surface area contributed by atoms with Crippen LogP contribution in [-0.4, -0.2) is 59.2 Å². The lowest BCUT2D eigenvalue weighted by Gasteiger charge is -2.38. The van der Waals surface area contributed by atoms with Crippen LogP contribution >= 0.6 is 0 Å². The Morgan fingerprint density at radius 2 is 1.91 bits per heavy atom. The molecule has 0 bridgehead atoms. The molecule has 3 rings (SSSR count). The van der Waals surface area contributed by atoms with Gasteiger partial charge in [0.15, 0.2) is 5.78 Å². The van der Waals surface area contributed by atoms with E-state index in [2.05, 4.69) is 10.9 Å². The number of imide groups is 1. The van der Waals surface area contributed by atoms with E-state index in [-0.39, 0.29) is 36.2 Å². The highest BCUT2D eigenvalue weighted by Crippen LogP contribution is 2.40. The average Bonchev–Trinajstić information content (AvgIpc) is 3.16. The van der Waals surface area contributed by atoms with Gasteiger partial charge in [-0.3, -0.25) is 19.9 Å². The fourth-order valence-corrected chi connectivity index (χ4v) is 4.13. The summed E-state index contributed by atoms with van der Waals surface area (Å²) in [5.74, 6) is -0.140. The molecule has 7 nitrogen and oxygen atoms in total. The van der Waals surface area contributed by atoms with Crippen LogP contribution in [0.1, 0.15) is 45.4 Å². The Morgan fingerprint density at radius 3 is 2.52 bits per heavy atom. The van der Waals surface area contributed by atoms with E-state index in [0.717, 1.165) is 37.1 Å². The molecule has 3 amide bonds. The topological polar surface area (TPSA) is 81.8 Å². The van der Waals surface area contributed by atoms with Crippen molar-refractivity contribution in [2.24, 2.45) is 5.92 Å². The van der Waals surface area contributed by atoms with Gasteiger partial charge in [0, 0.05) is 13.6 Å². The highest BCUT2D eigenvalue weighted by Gasteiger charge is 2.56. The molecule has 2 heterocycles. The second-order valence-corrected chi connectivity index (χ2v) is 7.09. The molecule has 1 aliphatic carbocycles. The van der Waals surface area contributed by atoms with Gasteiger partial charge in [-0.15, -0.1) is 0 Å². The minimum absolute atomic E-state index is 0.113. The van der Waals surface area contributed by atoms with Gasteiger partial charge in [-0.25, -0.2) is 10.2 Å². The lowest BCUT2D eigenvalue weighted by atomic mass is 9.75. The molecule has 23 heavy (non-hydrogen) atoms. The summed E-state index contributed by atoms with van der Waals surface area (Å²) in [7, 11) is 1.69. The van der Waals surface area contributed by atoms with Crippen LogP contribution < -0.4 is 10.9 Å². The molecular weight excluding hydrogens is 296 g/mol. The van der Waals surface area contributed by atoms with E-state index < -0.39 is 5.54 Å². The highest BCUT2D eigenvalue weighted by molar-refractivity contribution is 6.09. The zero-order valence-corrected chi connectivity index (χ0v) is 13.9. The van der Waals surface area contributed by atoms with E-state index in [0.29, 0.717) is 6.42 Å². The van der Waals surface area contributed by atoms with Gasteiger partial charge in [0.1, 0.15) is 5.54 Å². The summed E-state index contributed by atoms with van der Waals surface area (Å²) >= 11 is 0. The maximum absolute atomic E-state index is 13.0. The Kier molecular flexibility index (Phi) is 4.42. The quantitative estimate of drug-likeness (QED) is 0.743. The van der Waals surface area contributed by atoms with Crippen molar-refractivity contribution in [3.05, 3.63) is 0 Å². The Balaban J connectivity index is 1.75. The SMILES string of the molecule is CN1C(=O)N(CC(=O)C2CCNN2)C(=O)C1(C)C1CCCCC1. The van der Waals surface area contributed by atoms with E-state index >= 15 is 0 Å². The smallest absolute Gasteiger partial charge is 0.313 e. The van der Waals surface area contributed by atoms with Crippen LogP contribution in [0.2, 0.25) is 0 Å². The number of amides is 3. The predicted octanol–water partition coefficient (Wildman–Crippen LogP) is 0.655. The summed E-state index contributed by atoms with van der Waals surface area (Å²) in [5, 5.41) is 0. The molecule has 0 spiro atoms. The molecular formula is C16H26N4O3. The molecule has 7 heteroatoms. The lowest BCUT2D eigenvalue weighted by molar-refractivity contribution is -0.138. The first kappa shape index (κ1) is 16.4. The Morgan fingerprint density at radius 1 is 1.22 bits per heavy atom. The van der Waals surface area contributed by atoms with Crippen LogP contribution in [0.4, 0.5) is 4.79 Å². The van der Waals surface area contributed by atoms with Gasteiger partial charge < -0.3 is 4.90 Å².